The molecule has 0 saturated heterocycles. The van der Waals surface area contributed by atoms with Gasteiger partial charge in [0.25, 0.3) is 0 Å². The first kappa shape index (κ1) is 28.7. The van der Waals surface area contributed by atoms with Crippen molar-refractivity contribution in [2.75, 3.05) is 33.9 Å². The number of benzene rings is 1. The van der Waals surface area contributed by atoms with Crippen LogP contribution in [0.3, 0.4) is 0 Å². The van der Waals surface area contributed by atoms with E-state index in [0.717, 1.165) is 5.56 Å². The van der Waals surface area contributed by atoms with E-state index in [4.69, 9.17) is 9.47 Å². The van der Waals surface area contributed by atoms with E-state index in [1.807, 2.05) is 23.1 Å². The molecule has 0 fully saturated rings. The minimum Gasteiger partial charge on any atom is -0.493 e. The Morgan fingerprint density at radius 2 is 1.69 bits per heavy atom. The van der Waals surface area contributed by atoms with Crippen molar-refractivity contribution in [3.8, 4) is 11.5 Å². The van der Waals surface area contributed by atoms with E-state index >= 15 is 0 Å². The highest BCUT2D eigenvalue weighted by atomic mass is 32.1. The zero-order chi connectivity index (χ0) is 26.2. The van der Waals surface area contributed by atoms with E-state index in [1.165, 1.54) is 10.4 Å². The van der Waals surface area contributed by atoms with Crippen LogP contribution in [0, 0.1) is 18.3 Å². The summed E-state index contributed by atoms with van der Waals surface area (Å²) < 4.78 is 10.8. The molecule has 0 atom stereocenters. The van der Waals surface area contributed by atoms with E-state index < -0.39 is 0 Å². The molecule has 2 amide bonds. The first-order valence-corrected chi connectivity index (χ1v) is 13.1. The minimum absolute atomic E-state index is 0.0267. The third kappa shape index (κ3) is 9.21. The predicted octanol–water partition coefficient (Wildman–Crippen LogP) is 5.57. The first-order valence-electron chi connectivity index (χ1n) is 12.2. The molecule has 0 aliphatic carbocycles. The van der Waals surface area contributed by atoms with Crippen LogP contribution in [0.1, 0.15) is 57.0 Å². The molecule has 0 radical (unpaired) electrons. The van der Waals surface area contributed by atoms with Crippen LogP contribution in [-0.4, -0.2) is 55.5 Å². The number of carbonyl (C=O) groups excluding carboxylic acids is 2. The van der Waals surface area contributed by atoms with Gasteiger partial charge in [0.2, 0.25) is 11.8 Å². The average molecular weight is 503 g/mol. The van der Waals surface area contributed by atoms with Crippen LogP contribution in [0.4, 0.5) is 0 Å². The standard InChI is InChI=1S/C28H42N2O4S/c1-20(2)17-30(26(31)16-28(4,5)6)19-27(32)29(18-25-21(3)12-14-35-25)13-11-22-9-10-23(33-7)24(15-22)34-8/h9-10,12,14-15,20H,11,13,16-19H2,1-8H3. The van der Waals surface area contributed by atoms with Gasteiger partial charge in [-0.25, -0.2) is 0 Å². The molecule has 0 spiro atoms. The van der Waals surface area contributed by atoms with Crippen LogP contribution in [-0.2, 0) is 22.6 Å². The maximum absolute atomic E-state index is 13.6. The second kappa shape index (κ2) is 13.0. The molecular formula is C28H42N2O4S. The van der Waals surface area contributed by atoms with Crippen molar-refractivity contribution in [2.45, 2.75) is 60.9 Å². The number of nitrogens with zero attached hydrogens (tertiary/aromatic N) is 2. The van der Waals surface area contributed by atoms with Crippen LogP contribution in [0.5, 0.6) is 11.5 Å². The summed E-state index contributed by atoms with van der Waals surface area (Å²) in [6.45, 7) is 14.1. The third-order valence-electron chi connectivity index (χ3n) is 5.72. The van der Waals surface area contributed by atoms with Gasteiger partial charge < -0.3 is 19.3 Å². The Morgan fingerprint density at radius 1 is 1.00 bits per heavy atom. The van der Waals surface area contributed by atoms with Gasteiger partial charge in [0.1, 0.15) is 0 Å². The van der Waals surface area contributed by atoms with Crippen LogP contribution < -0.4 is 9.47 Å². The zero-order valence-corrected chi connectivity index (χ0v) is 23.5. The Balaban J connectivity index is 2.22. The van der Waals surface area contributed by atoms with Crippen molar-refractivity contribution in [2.24, 2.45) is 11.3 Å². The molecule has 1 aromatic heterocycles. The Hall–Kier alpha value is -2.54. The normalized spacial score (nSPS) is 11.5. The molecule has 1 heterocycles. The van der Waals surface area contributed by atoms with Crippen molar-refractivity contribution < 1.29 is 19.1 Å². The molecule has 0 unspecified atom stereocenters. The van der Waals surface area contributed by atoms with Crippen LogP contribution >= 0.6 is 11.3 Å². The quantitative estimate of drug-likeness (QED) is 0.381. The Bertz CT molecular complexity index is 978. The number of carbonyl (C=O) groups is 2. The summed E-state index contributed by atoms with van der Waals surface area (Å²) in [6.07, 6.45) is 1.10. The zero-order valence-electron chi connectivity index (χ0n) is 22.6. The van der Waals surface area contributed by atoms with Crippen molar-refractivity contribution in [1.29, 1.82) is 0 Å². The number of thiophene rings is 1. The molecule has 2 aromatic rings. The summed E-state index contributed by atoms with van der Waals surface area (Å²) in [4.78, 5) is 31.4. The fourth-order valence-corrected chi connectivity index (χ4v) is 4.78. The van der Waals surface area contributed by atoms with Gasteiger partial charge in [0.05, 0.1) is 27.3 Å². The second-order valence-corrected chi connectivity index (χ2v) is 11.7. The SMILES string of the molecule is COc1ccc(CCN(Cc2sccc2C)C(=O)CN(CC(C)C)C(=O)CC(C)(C)C)cc1OC. The van der Waals surface area contributed by atoms with E-state index in [0.29, 0.717) is 44.0 Å². The molecule has 35 heavy (non-hydrogen) atoms. The summed E-state index contributed by atoms with van der Waals surface area (Å²) in [6, 6.07) is 7.92. The van der Waals surface area contributed by atoms with Gasteiger partial charge in [-0.15, -0.1) is 11.3 Å². The largest absolute Gasteiger partial charge is 0.493 e. The molecule has 0 aliphatic rings. The number of methoxy groups -OCH3 is 2. The summed E-state index contributed by atoms with van der Waals surface area (Å²) in [5, 5.41) is 2.06. The predicted molar refractivity (Wildman–Crippen MR) is 143 cm³/mol. The molecular weight excluding hydrogens is 460 g/mol. The summed E-state index contributed by atoms with van der Waals surface area (Å²) in [5.74, 6) is 1.65. The number of hydrogen-bond acceptors (Lipinski definition) is 5. The molecule has 2 rings (SSSR count). The highest BCUT2D eigenvalue weighted by molar-refractivity contribution is 7.10. The summed E-state index contributed by atoms with van der Waals surface area (Å²) >= 11 is 1.66. The number of ether oxygens (including phenoxy) is 2. The van der Waals surface area contributed by atoms with Crippen LogP contribution in [0.25, 0.3) is 0 Å². The van der Waals surface area contributed by atoms with Gasteiger partial charge in [0.15, 0.2) is 11.5 Å². The van der Waals surface area contributed by atoms with Gasteiger partial charge in [0, 0.05) is 24.4 Å². The molecule has 6 nitrogen and oxygen atoms in total. The van der Waals surface area contributed by atoms with Crippen molar-refractivity contribution >= 4 is 23.2 Å². The smallest absolute Gasteiger partial charge is 0.242 e. The maximum Gasteiger partial charge on any atom is 0.242 e. The lowest BCUT2D eigenvalue weighted by Crippen LogP contribution is -2.45. The van der Waals surface area contributed by atoms with Gasteiger partial charge in [-0.2, -0.15) is 0 Å². The summed E-state index contributed by atoms with van der Waals surface area (Å²) in [7, 11) is 3.24. The number of rotatable bonds is 12. The highest BCUT2D eigenvalue weighted by Gasteiger charge is 2.26. The van der Waals surface area contributed by atoms with Crippen LogP contribution in [0.2, 0.25) is 0 Å². The topological polar surface area (TPSA) is 59.1 Å². The Morgan fingerprint density at radius 3 is 2.23 bits per heavy atom. The van der Waals surface area contributed by atoms with E-state index in [-0.39, 0.29) is 29.7 Å². The van der Waals surface area contributed by atoms with E-state index in [2.05, 4.69) is 53.0 Å². The van der Waals surface area contributed by atoms with Crippen LogP contribution in [0.15, 0.2) is 29.6 Å². The lowest BCUT2D eigenvalue weighted by molar-refractivity contribution is -0.142. The number of hydrogen-bond donors (Lipinski definition) is 0. The monoisotopic (exact) mass is 502 g/mol. The third-order valence-corrected chi connectivity index (χ3v) is 6.73. The number of amides is 2. The summed E-state index contributed by atoms with van der Waals surface area (Å²) in [5.41, 5.74) is 2.12. The van der Waals surface area contributed by atoms with Gasteiger partial charge >= 0.3 is 0 Å². The Labute approximate surface area is 215 Å². The first-order chi connectivity index (χ1) is 16.4. The van der Waals surface area contributed by atoms with E-state index in [9.17, 15) is 9.59 Å². The lowest BCUT2D eigenvalue weighted by Gasteiger charge is -2.30. The fourth-order valence-electron chi connectivity index (χ4n) is 3.86. The average Bonchev–Trinajstić information content (AvgIpc) is 3.18. The maximum atomic E-state index is 13.6. The lowest BCUT2D eigenvalue weighted by atomic mass is 9.91. The van der Waals surface area contributed by atoms with Crippen molar-refractivity contribution in [3.63, 3.8) is 0 Å². The molecule has 1 aromatic carbocycles. The molecule has 0 bridgehead atoms. The molecule has 0 aliphatic heterocycles. The van der Waals surface area contributed by atoms with Gasteiger partial charge in [-0.3, -0.25) is 9.59 Å². The van der Waals surface area contributed by atoms with Crippen molar-refractivity contribution in [1.82, 2.24) is 9.80 Å². The molecule has 0 saturated carbocycles. The number of aryl methyl sites for hydroxylation is 1. The van der Waals surface area contributed by atoms with E-state index in [1.54, 1.807) is 30.5 Å². The minimum atomic E-state index is -0.128. The molecule has 0 N–H and O–H groups in total. The van der Waals surface area contributed by atoms with Gasteiger partial charge in [-0.1, -0.05) is 40.7 Å². The molecule has 7 heteroatoms. The van der Waals surface area contributed by atoms with Crippen molar-refractivity contribution in [3.05, 3.63) is 45.6 Å². The second-order valence-electron chi connectivity index (χ2n) is 10.7. The fraction of sp³-hybridized carbons (Fsp3) is 0.571. The highest BCUT2D eigenvalue weighted by Crippen LogP contribution is 2.28. The Kier molecular flexibility index (Phi) is 10.6. The van der Waals surface area contributed by atoms with Gasteiger partial charge in [-0.05, 0) is 59.4 Å². The molecule has 194 valence electrons.